The third-order valence-corrected chi connectivity index (χ3v) is 4.25. The van der Waals surface area contributed by atoms with Gasteiger partial charge in [-0.1, -0.05) is 55.0 Å². The molecule has 0 saturated carbocycles. The third kappa shape index (κ3) is 3.04. The number of aliphatic carboxylic acids is 1. The van der Waals surface area contributed by atoms with Gasteiger partial charge < -0.3 is 10.4 Å². The lowest BCUT2D eigenvalue weighted by Crippen LogP contribution is -2.21. The van der Waals surface area contributed by atoms with E-state index in [0.29, 0.717) is 0 Å². The molecular weight excluding hydrogens is 274 g/mol. The number of rotatable bonds is 7. The Bertz CT molecular complexity index is 620. The van der Waals surface area contributed by atoms with E-state index in [4.69, 9.17) is 5.11 Å². The first-order valence-corrected chi connectivity index (χ1v) is 7.91. The van der Waals surface area contributed by atoms with Crippen molar-refractivity contribution in [3.05, 3.63) is 59.7 Å². The molecule has 0 bridgehead atoms. The first-order chi connectivity index (χ1) is 10.8. The van der Waals surface area contributed by atoms with Crippen molar-refractivity contribution in [1.82, 2.24) is 5.32 Å². The molecular formula is C19H21NO2. The third-order valence-electron chi connectivity index (χ3n) is 4.25. The zero-order valence-corrected chi connectivity index (χ0v) is 12.6. The zero-order chi connectivity index (χ0) is 15.4. The molecule has 0 heterocycles. The van der Waals surface area contributed by atoms with Gasteiger partial charge in [-0.2, -0.15) is 0 Å². The van der Waals surface area contributed by atoms with E-state index < -0.39 is 5.97 Å². The number of nitrogens with one attached hydrogen (secondary N) is 1. The number of fused-ring (bicyclic) bond motifs is 3. The number of carboxylic acid groups (broad SMARTS) is 1. The van der Waals surface area contributed by atoms with Crippen LogP contribution in [0.3, 0.4) is 0 Å². The van der Waals surface area contributed by atoms with Crippen LogP contribution in [0.1, 0.15) is 42.9 Å². The van der Waals surface area contributed by atoms with Gasteiger partial charge in [-0.05, 0) is 41.6 Å². The highest BCUT2D eigenvalue weighted by molar-refractivity contribution is 5.78. The van der Waals surface area contributed by atoms with Crippen LogP contribution in [0.4, 0.5) is 0 Å². The summed E-state index contributed by atoms with van der Waals surface area (Å²) in [6, 6.07) is 17.4. The summed E-state index contributed by atoms with van der Waals surface area (Å²) in [5.74, 6) is -0.702. The Kier molecular flexibility index (Phi) is 4.54. The van der Waals surface area contributed by atoms with Crippen LogP contribution in [-0.4, -0.2) is 17.6 Å². The van der Waals surface area contributed by atoms with Gasteiger partial charge in [0.25, 0.3) is 0 Å². The molecule has 0 spiro atoms. The van der Waals surface area contributed by atoms with Gasteiger partial charge in [0.1, 0.15) is 0 Å². The van der Waals surface area contributed by atoms with Gasteiger partial charge in [0.05, 0.1) is 6.04 Å². The first-order valence-electron chi connectivity index (χ1n) is 7.91. The summed E-state index contributed by atoms with van der Waals surface area (Å²) in [5, 5.41) is 12.3. The second-order valence-corrected chi connectivity index (χ2v) is 5.77. The molecule has 2 aromatic carbocycles. The molecule has 1 aliphatic carbocycles. The molecule has 0 fully saturated rings. The van der Waals surface area contributed by atoms with Crippen LogP contribution < -0.4 is 5.32 Å². The molecule has 2 aromatic rings. The molecule has 0 unspecified atom stereocenters. The highest BCUT2D eigenvalue weighted by Crippen LogP contribution is 2.42. The van der Waals surface area contributed by atoms with Gasteiger partial charge >= 0.3 is 5.97 Å². The van der Waals surface area contributed by atoms with Crippen LogP contribution in [0.2, 0.25) is 0 Å². The van der Waals surface area contributed by atoms with E-state index in [-0.39, 0.29) is 12.5 Å². The summed E-state index contributed by atoms with van der Waals surface area (Å²) < 4.78 is 0. The summed E-state index contributed by atoms with van der Waals surface area (Å²) in [6.45, 7) is 0.910. The van der Waals surface area contributed by atoms with Crippen molar-refractivity contribution in [3.63, 3.8) is 0 Å². The fraction of sp³-hybridized carbons (Fsp3) is 0.316. The molecule has 0 saturated heterocycles. The molecule has 0 radical (unpaired) electrons. The number of hydrogen-bond acceptors (Lipinski definition) is 2. The van der Waals surface area contributed by atoms with E-state index in [1.54, 1.807) is 0 Å². The standard InChI is InChI=1S/C19H21NO2/c21-18(22)12-2-1-7-13-20-19-16-10-5-3-8-14(16)15-9-4-6-11-17(15)19/h3-6,8-11,19-20H,1-2,7,12-13H2,(H,21,22). The average molecular weight is 295 g/mol. The fourth-order valence-corrected chi connectivity index (χ4v) is 3.20. The van der Waals surface area contributed by atoms with Crippen molar-refractivity contribution in [2.24, 2.45) is 0 Å². The maximum atomic E-state index is 10.5. The highest BCUT2D eigenvalue weighted by atomic mass is 16.4. The summed E-state index contributed by atoms with van der Waals surface area (Å²) in [4.78, 5) is 10.5. The Labute approximate surface area is 131 Å². The highest BCUT2D eigenvalue weighted by Gasteiger charge is 2.26. The topological polar surface area (TPSA) is 49.3 Å². The van der Waals surface area contributed by atoms with E-state index in [2.05, 4.69) is 53.8 Å². The van der Waals surface area contributed by atoms with Gasteiger partial charge in [-0.3, -0.25) is 4.79 Å². The summed E-state index contributed by atoms with van der Waals surface area (Å²) in [6.07, 6.45) is 2.99. The van der Waals surface area contributed by atoms with Crippen molar-refractivity contribution in [2.75, 3.05) is 6.54 Å². The summed E-state index contributed by atoms with van der Waals surface area (Å²) in [7, 11) is 0. The Morgan fingerprint density at radius 1 is 0.909 bits per heavy atom. The largest absolute Gasteiger partial charge is 0.481 e. The zero-order valence-electron chi connectivity index (χ0n) is 12.6. The van der Waals surface area contributed by atoms with Gasteiger partial charge in [-0.15, -0.1) is 0 Å². The fourth-order valence-electron chi connectivity index (χ4n) is 3.20. The van der Waals surface area contributed by atoms with Gasteiger partial charge in [0, 0.05) is 6.42 Å². The Morgan fingerprint density at radius 2 is 1.50 bits per heavy atom. The van der Waals surface area contributed by atoms with E-state index in [9.17, 15) is 4.79 Å². The lowest BCUT2D eigenvalue weighted by atomic mass is 10.1. The maximum absolute atomic E-state index is 10.5. The molecule has 0 aliphatic heterocycles. The van der Waals surface area contributed by atoms with E-state index >= 15 is 0 Å². The van der Waals surface area contributed by atoms with Crippen LogP contribution in [0.5, 0.6) is 0 Å². The minimum atomic E-state index is -0.702. The van der Waals surface area contributed by atoms with Crippen molar-refractivity contribution in [3.8, 4) is 11.1 Å². The molecule has 0 aromatic heterocycles. The molecule has 0 amide bonds. The smallest absolute Gasteiger partial charge is 0.303 e. The van der Waals surface area contributed by atoms with Gasteiger partial charge in [-0.25, -0.2) is 0 Å². The summed E-state index contributed by atoms with van der Waals surface area (Å²) in [5.41, 5.74) is 5.33. The number of unbranched alkanes of at least 4 members (excludes halogenated alkanes) is 2. The number of hydrogen-bond donors (Lipinski definition) is 2. The molecule has 114 valence electrons. The molecule has 22 heavy (non-hydrogen) atoms. The van der Waals surface area contributed by atoms with E-state index in [1.807, 2.05) is 0 Å². The van der Waals surface area contributed by atoms with Crippen LogP contribution >= 0.6 is 0 Å². The second kappa shape index (κ2) is 6.75. The SMILES string of the molecule is O=C(O)CCCCCNC1c2ccccc2-c2ccccc21. The lowest BCUT2D eigenvalue weighted by molar-refractivity contribution is -0.137. The maximum Gasteiger partial charge on any atom is 0.303 e. The van der Waals surface area contributed by atoms with Crippen LogP contribution in [0.15, 0.2) is 48.5 Å². The van der Waals surface area contributed by atoms with Crippen molar-refractivity contribution in [1.29, 1.82) is 0 Å². The number of carbonyl (C=O) groups is 1. The molecule has 0 atom stereocenters. The molecule has 1 aliphatic rings. The molecule has 3 nitrogen and oxygen atoms in total. The minimum Gasteiger partial charge on any atom is -0.481 e. The normalized spacial score (nSPS) is 12.9. The molecule has 2 N–H and O–H groups in total. The van der Waals surface area contributed by atoms with Crippen molar-refractivity contribution >= 4 is 5.97 Å². The number of carboxylic acids is 1. The molecule has 3 heteroatoms. The Hall–Kier alpha value is -2.13. The molecule has 3 rings (SSSR count). The first kappa shape index (κ1) is 14.8. The van der Waals surface area contributed by atoms with Crippen LogP contribution in [0, 0.1) is 0 Å². The van der Waals surface area contributed by atoms with Crippen LogP contribution in [-0.2, 0) is 4.79 Å². The quantitative estimate of drug-likeness (QED) is 0.759. The van der Waals surface area contributed by atoms with Crippen LogP contribution in [0.25, 0.3) is 11.1 Å². The van der Waals surface area contributed by atoms with E-state index in [0.717, 1.165) is 25.8 Å². The van der Waals surface area contributed by atoms with Crippen molar-refractivity contribution < 1.29 is 9.90 Å². The van der Waals surface area contributed by atoms with Gasteiger partial charge in [0.15, 0.2) is 0 Å². The monoisotopic (exact) mass is 295 g/mol. The summed E-state index contributed by atoms with van der Waals surface area (Å²) >= 11 is 0. The lowest BCUT2D eigenvalue weighted by Gasteiger charge is -2.15. The predicted octanol–water partition coefficient (Wildman–Crippen LogP) is 3.99. The Balaban J connectivity index is 1.63. The minimum absolute atomic E-state index is 0.256. The Morgan fingerprint density at radius 3 is 2.09 bits per heavy atom. The number of benzene rings is 2. The van der Waals surface area contributed by atoms with E-state index in [1.165, 1.54) is 22.3 Å². The van der Waals surface area contributed by atoms with Crippen molar-refractivity contribution in [2.45, 2.75) is 31.7 Å². The second-order valence-electron chi connectivity index (χ2n) is 5.77. The predicted molar refractivity (Wildman–Crippen MR) is 87.8 cm³/mol. The average Bonchev–Trinajstić information content (AvgIpc) is 2.85. The van der Waals surface area contributed by atoms with Gasteiger partial charge in [0.2, 0.25) is 0 Å².